The molecule has 106 valence electrons. The second-order valence-electron chi connectivity index (χ2n) is 4.88. The molecule has 0 unspecified atom stereocenters. The number of aromatic nitrogens is 3. The van der Waals surface area contributed by atoms with Gasteiger partial charge in [-0.3, -0.25) is 0 Å². The number of hydrogen-bond acceptors (Lipinski definition) is 3. The molecule has 0 aliphatic rings. The van der Waals surface area contributed by atoms with Crippen molar-refractivity contribution >= 4 is 23.2 Å². The summed E-state index contributed by atoms with van der Waals surface area (Å²) >= 11 is 5.88. The minimum Gasteiger partial charge on any atom is -0.324 e. The molecule has 3 rings (SSSR count). The van der Waals surface area contributed by atoms with E-state index in [1.807, 2.05) is 43.4 Å². The molecule has 0 fully saturated rings. The third-order valence-electron chi connectivity index (χ3n) is 3.17. The van der Waals surface area contributed by atoms with Gasteiger partial charge in [0.1, 0.15) is 0 Å². The Balaban J connectivity index is 1.87. The van der Waals surface area contributed by atoms with Crippen LogP contribution < -0.4 is 5.32 Å². The SMILES string of the molecule is Cc1ccc(-c2nc(Nc3ccc(Cl)cc3)n(C)n2)cc1. The first kappa shape index (κ1) is 13.6. The van der Waals surface area contributed by atoms with Gasteiger partial charge in [0.25, 0.3) is 0 Å². The van der Waals surface area contributed by atoms with Crippen molar-refractivity contribution in [2.24, 2.45) is 7.05 Å². The fourth-order valence-corrected chi connectivity index (χ4v) is 2.11. The topological polar surface area (TPSA) is 42.7 Å². The number of anilines is 2. The highest BCUT2D eigenvalue weighted by Crippen LogP contribution is 2.21. The van der Waals surface area contributed by atoms with Gasteiger partial charge in [-0.25, -0.2) is 4.68 Å². The molecule has 1 heterocycles. The summed E-state index contributed by atoms with van der Waals surface area (Å²) in [5.74, 6) is 1.39. The zero-order valence-electron chi connectivity index (χ0n) is 11.8. The van der Waals surface area contributed by atoms with Crippen LogP contribution in [-0.2, 0) is 7.05 Å². The van der Waals surface area contributed by atoms with Crippen LogP contribution >= 0.6 is 11.6 Å². The van der Waals surface area contributed by atoms with Gasteiger partial charge in [0, 0.05) is 23.3 Å². The van der Waals surface area contributed by atoms with Crippen LogP contribution in [0.5, 0.6) is 0 Å². The Morgan fingerprint density at radius 1 is 1.00 bits per heavy atom. The first-order valence-corrected chi connectivity index (χ1v) is 7.00. The van der Waals surface area contributed by atoms with Gasteiger partial charge in [-0.1, -0.05) is 41.4 Å². The maximum absolute atomic E-state index is 5.88. The fourth-order valence-electron chi connectivity index (χ4n) is 1.98. The average molecular weight is 299 g/mol. The third kappa shape index (κ3) is 3.06. The number of aryl methyl sites for hydroxylation is 2. The number of hydrogen-bond donors (Lipinski definition) is 1. The molecule has 1 aromatic heterocycles. The van der Waals surface area contributed by atoms with E-state index >= 15 is 0 Å². The van der Waals surface area contributed by atoms with E-state index in [0.29, 0.717) is 16.8 Å². The van der Waals surface area contributed by atoms with Crippen LogP contribution in [-0.4, -0.2) is 14.8 Å². The number of benzene rings is 2. The van der Waals surface area contributed by atoms with E-state index in [2.05, 4.69) is 34.5 Å². The van der Waals surface area contributed by atoms with E-state index < -0.39 is 0 Å². The highest BCUT2D eigenvalue weighted by molar-refractivity contribution is 6.30. The Morgan fingerprint density at radius 3 is 2.33 bits per heavy atom. The number of nitrogens with one attached hydrogen (secondary N) is 1. The molecule has 4 nitrogen and oxygen atoms in total. The van der Waals surface area contributed by atoms with E-state index in [1.165, 1.54) is 5.56 Å². The molecule has 0 radical (unpaired) electrons. The van der Waals surface area contributed by atoms with E-state index in [0.717, 1.165) is 11.3 Å². The minimum absolute atomic E-state index is 0.688. The summed E-state index contributed by atoms with van der Waals surface area (Å²) in [6, 6.07) is 15.6. The summed E-state index contributed by atoms with van der Waals surface area (Å²) in [5, 5.41) is 8.38. The van der Waals surface area contributed by atoms with Gasteiger partial charge in [0.05, 0.1) is 0 Å². The molecule has 0 aliphatic heterocycles. The maximum atomic E-state index is 5.88. The summed E-state index contributed by atoms with van der Waals surface area (Å²) in [4.78, 5) is 4.54. The Morgan fingerprint density at radius 2 is 1.67 bits per heavy atom. The standard InChI is InChI=1S/C16H15ClN4/c1-11-3-5-12(6-4-11)15-19-16(21(2)20-15)18-14-9-7-13(17)8-10-14/h3-10H,1-2H3,(H,18,19,20). The molecule has 0 bridgehead atoms. The zero-order chi connectivity index (χ0) is 14.8. The molecular formula is C16H15ClN4. The molecule has 0 amide bonds. The van der Waals surface area contributed by atoms with Gasteiger partial charge in [-0.2, -0.15) is 4.98 Å². The Labute approximate surface area is 128 Å². The fraction of sp³-hybridized carbons (Fsp3) is 0.125. The van der Waals surface area contributed by atoms with Gasteiger partial charge in [-0.15, -0.1) is 5.10 Å². The maximum Gasteiger partial charge on any atom is 0.225 e. The van der Waals surface area contributed by atoms with Crippen LogP contribution in [0, 0.1) is 6.92 Å². The first-order chi connectivity index (χ1) is 10.1. The molecule has 0 aliphatic carbocycles. The predicted molar refractivity (Wildman–Crippen MR) is 85.9 cm³/mol. The lowest BCUT2D eigenvalue weighted by molar-refractivity contribution is 0.778. The van der Waals surface area contributed by atoms with Crippen LogP contribution in [0.3, 0.4) is 0 Å². The molecule has 0 saturated carbocycles. The lowest BCUT2D eigenvalue weighted by Crippen LogP contribution is -1.99. The van der Waals surface area contributed by atoms with E-state index in [-0.39, 0.29) is 0 Å². The summed E-state index contributed by atoms with van der Waals surface area (Å²) in [6.45, 7) is 2.06. The molecule has 0 spiro atoms. The predicted octanol–water partition coefficient (Wildman–Crippen LogP) is 4.19. The van der Waals surface area contributed by atoms with Crippen LogP contribution in [0.4, 0.5) is 11.6 Å². The molecule has 1 N–H and O–H groups in total. The van der Waals surface area contributed by atoms with Gasteiger partial charge >= 0.3 is 0 Å². The Hall–Kier alpha value is -2.33. The van der Waals surface area contributed by atoms with Crippen molar-refractivity contribution < 1.29 is 0 Å². The quantitative estimate of drug-likeness (QED) is 0.788. The molecule has 0 atom stereocenters. The normalized spacial score (nSPS) is 10.6. The summed E-state index contributed by atoms with van der Waals surface area (Å²) in [6.07, 6.45) is 0. The zero-order valence-corrected chi connectivity index (χ0v) is 12.6. The summed E-state index contributed by atoms with van der Waals surface area (Å²) in [5.41, 5.74) is 3.14. The Bertz CT molecular complexity index is 745. The first-order valence-electron chi connectivity index (χ1n) is 6.62. The minimum atomic E-state index is 0.688. The van der Waals surface area contributed by atoms with Crippen LogP contribution in [0.15, 0.2) is 48.5 Å². The molecule has 21 heavy (non-hydrogen) atoms. The van der Waals surface area contributed by atoms with Crippen molar-refractivity contribution in [2.45, 2.75) is 6.92 Å². The molecular weight excluding hydrogens is 284 g/mol. The van der Waals surface area contributed by atoms with E-state index in [1.54, 1.807) is 4.68 Å². The summed E-state index contributed by atoms with van der Waals surface area (Å²) < 4.78 is 1.73. The van der Waals surface area contributed by atoms with Crippen molar-refractivity contribution in [2.75, 3.05) is 5.32 Å². The van der Waals surface area contributed by atoms with Gasteiger partial charge in [-0.05, 0) is 31.2 Å². The van der Waals surface area contributed by atoms with E-state index in [4.69, 9.17) is 11.6 Å². The van der Waals surface area contributed by atoms with Crippen molar-refractivity contribution in [3.05, 3.63) is 59.1 Å². The average Bonchev–Trinajstić information content (AvgIpc) is 2.83. The molecule has 5 heteroatoms. The third-order valence-corrected chi connectivity index (χ3v) is 3.43. The molecule has 3 aromatic rings. The largest absolute Gasteiger partial charge is 0.324 e. The second-order valence-corrected chi connectivity index (χ2v) is 5.32. The molecule has 0 saturated heterocycles. The smallest absolute Gasteiger partial charge is 0.225 e. The Kier molecular flexibility index (Phi) is 3.62. The van der Waals surface area contributed by atoms with Gasteiger partial charge in [0.2, 0.25) is 5.95 Å². The van der Waals surface area contributed by atoms with Crippen LogP contribution in [0.2, 0.25) is 5.02 Å². The van der Waals surface area contributed by atoms with Crippen molar-refractivity contribution in [1.82, 2.24) is 14.8 Å². The van der Waals surface area contributed by atoms with Crippen molar-refractivity contribution in [1.29, 1.82) is 0 Å². The van der Waals surface area contributed by atoms with E-state index in [9.17, 15) is 0 Å². The van der Waals surface area contributed by atoms with Crippen LogP contribution in [0.1, 0.15) is 5.56 Å². The van der Waals surface area contributed by atoms with Crippen LogP contribution in [0.25, 0.3) is 11.4 Å². The highest BCUT2D eigenvalue weighted by atomic mass is 35.5. The van der Waals surface area contributed by atoms with Gasteiger partial charge < -0.3 is 5.32 Å². The second kappa shape index (κ2) is 5.58. The monoisotopic (exact) mass is 298 g/mol. The number of nitrogens with zero attached hydrogens (tertiary/aromatic N) is 3. The summed E-state index contributed by atoms with van der Waals surface area (Å²) in [7, 11) is 1.86. The lowest BCUT2D eigenvalue weighted by atomic mass is 10.1. The van der Waals surface area contributed by atoms with Crippen molar-refractivity contribution in [3.63, 3.8) is 0 Å². The highest BCUT2D eigenvalue weighted by Gasteiger charge is 2.09. The number of rotatable bonds is 3. The van der Waals surface area contributed by atoms with Crippen molar-refractivity contribution in [3.8, 4) is 11.4 Å². The molecule has 2 aromatic carbocycles. The lowest BCUT2D eigenvalue weighted by Gasteiger charge is -2.04. The van der Waals surface area contributed by atoms with Gasteiger partial charge in [0.15, 0.2) is 5.82 Å². The number of halogens is 1.